The zero-order valence-electron chi connectivity index (χ0n) is 15.8. The molecule has 1 heterocycles. The molecule has 2 aromatic rings. The smallest absolute Gasteiger partial charge is 0.213 e. The molecule has 0 aliphatic heterocycles. The molecule has 0 bridgehead atoms. The third-order valence-corrected chi connectivity index (χ3v) is 4.52. The van der Waals surface area contributed by atoms with Crippen LogP contribution in [0.3, 0.4) is 0 Å². The van der Waals surface area contributed by atoms with Crippen molar-refractivity contribution in [2.45, 2.75) is 44.9 Å². The average molecular weight is 502 g/mol. The summed E-state index contributed by atoms with van der Waals surface area (Å²) in [6, 6.07) is 7.20. The molecule has 0 amide bonds. The van der Waals surface area contributed by atoms with E-state index in [1.54, 1.807) is 13.2 Å². The number of hydrogen-bond acceptors (Lipinski definition) is 3. The van der Waals surface area contributed by atoms with Gasteiger partial charge in [0, 0.05) is 38.0 Å². The molecular formula is C20H25F2IN4O. The number of halogens is 3. The van der Waals surface area contributed by atoms with Gasteiger partial charge in [0.25, 0.3) is 0 Å². The van der Waals surface area contributed by atoms with Gasteiger partial charge in [0.2, 0.25) is 5.88 Å². The van der Waals surface area contributed by atoms with E-state index in [-0.39, 0.29) is 42.2 Å². The number of nitrogens with zero attached hydrogens (tertiary/aromatic N) is 2. The van der Waals surface area contributed by atoms with Crippen molar-refractivity contribution in [3.63, 3.8) is 0 Å². The number of hydrogen-bond donors (Lipinski definition) is 2. The summed E-state index contributed by atoms with van der Waals surface area (Å²) in [6.45, 7) is 0.637. The first-order chi connectivity index (χ1) is 13.1. The molecule has 2 N–H and O–H groups in total. The van der Waals surface area contributed by atoms with Gasteiger partial charge in [0.05, 0.1) is 0 Å². The molecule has 28 heavy (non-hydrogen) atoms. The Balaban J connectivity index is 0.00000280. The third-order valence-electron chi connectivity index (χ3n) is 4.52. The SMILES string of the molecule is CN=C(NCc1ccc(OC2CCCC2)nc1)NCc1cc(F)ccc1F.I. The lowest BCUT2D eigenvalue weighted by molar-refractivity contribution is 0.201. The molecule has 0 saturated heterocycles. The fourth-order valence-electron chi connectivity index (χ4n) is 3.03. The van der Waals surface area contributed by atoms with Crippen molar-refractivity contribution in [1.82, 2.24) is 15.6 Å². The summed E-state index contributed by atoms with van der Waals surface area (Å²) in [6.07, 6.45) is 6.68. The van der Waals surface area contributed by atoms with Crippen LogP contribution in [0.25, 0.3) is 0 Å². The van der Waals surface area contributed by atoms with E-state index >= 15 is 0 Å². The first kappa shape index (κ1) is 22.3. The minimum Gasteiger partial charge on any atom is -0.474 e. The Bertz CT molecular complexity index is 780. The summed E-state index contributed by atoms with van der Waals surface area (Å²) >= 11 is 0. The minimum atomic E-state index is -0.470. The first-order valence-corrected chi connectivity index (χ1v) is 9.14. The van der Waals surface area contributed by atoms with Crippen LogP contribution in [0.2, 0.25) is 0 Å². The number of pyridine rings is 1. The zero-order chi connectivity index (χ0) is 19.1. The molecule has 152 valence electrons. The quantitative estimate of drug-likeness (QED) is 0.354. The lowest BCUT2D eigenvalue weighted by Gasteiger charge is -2.14. The summed E-state index contributed by atoms with van der Waals surface area (Å²) in [5, 5.41) is 6.10. The van der Waals surface area contributed by atoms with Crippen LogP contribution in [0.5, 0.6) is 5.88 Å². The monoisotopic (exact) mass is 502 g/mol. The van der Waals surface area contributed by atoms with Gasteiger partial charge in [-0.15, -0.1) is 24.0 Å². The number of benzene rings is 1. The number of guanidine groups is 1. The van der Waals surface area contributed by atoms with Crippen molar-refractivity contribution in [2.24, 2.45) is 4.99 Å². The standard InChI is InChI=1S/C20H24F2N4O.HI/c1-23-20(26-13-15-10-16(21)7-8-18(15)22)25-12-14-6-9-19(24-11-14)27-17-4-2-3-5-17;/h6-11,17H,2-5,12-13H2,1H3,(H2,23,25,26);1H. The van der Waals surface area contributed by atoms with Crippen molar-refractivity contribution >= 4 is 29.9 Å². The summed E-state index contributed by atoms with van der Waals surface area (Å²) in [5.74, 6) is 0.211. The second-order valence-electron chi connectivity index (χ2n) is 6.54. The maximum Gasteiger partial charge on any atom is 0.213 e. The van der Waals surface area contributed by atoms with Gasteiger partial charge in [0.15, 0.2) is 5.96 Å². The molecule has 1 aliphatic carbocycles. The Morgan fingerprint density at radius 2 is 1.89 bits per heavy atom. The predicted octanol–water partition coefficient (Wildman–Crippen LogP) is 4.16. The summed E-state index contributed by atoms with van der Waals surface area (Å²) in [4.78, 5) is 8.44. The Hall–Kier alpha value is -1.97. The van der Waals surface area contributed by atoms with Crippen molar-refractivity contribution < 1.29 is 13.5 Å². The van der Waals surface area contributed by atoms with Gasteiger partial charge < -0.3 is 15.4 Å². The predicted molar refractivity (Wildman–Crippen MR) is 116 cm³/mol. The number of nitrogens with one attached hydrogen (secondary N) is 2. The third kappa shape index (κ3) is 6.57. The average Bonchev–Trinajstić information content (AvgIpc) is 3.19. The van der Waals surface area contributed by atoms with E-state index in [4.69, 9.17) is 4.74 Å². The van der Waals surface area contributed by atoms with Crippen molar-refractivity contribution in [2.75, 3.05) is 7.05 Å². The van der Waals surface area contributed by atoms with E-state index in [0.717, 1.165) is 30.5 Å². The highest BCUT2D eigenvalue weighted by Crippen LogP contribution is 2.22. The molecule has 1 saturated carbocycles. The van der Waals surface area contributed by atoms with Crippen LogP contribution in [0.1, 0.15) is 36.8 Å². The molecule has 0 atom stereocenters. The van der Waals surface area contributed by atoms with Crippen LogP contribution in [0.15, 0.2) is 41.5 Å². The molecule has 0 spiro atoms. The van der Waals surface area contributed by atoms with Gasteiger partial charge in [0.1, 0.15) is 17.7 Å². The molecular weight excluding hydrogens is 477 g/mol. The second kappa shape index (κ2) is 11.1. The molecule has 0 radical (unpaired) electrons. The number of ether oxygens (including phenoxy) is 1. The second-order valence-corrected chi connectivity index (χ2v) is 6.54. The minimum absolute atomic E-state index is 0. The van der Waals surface area contributed by atoms with Gasteiger partial charge in [-0.05, 0) is 49.4 Å². The van der Waals surface area contributed by atoms with Crippen LogP contribution in [-0.4, -0.2) is 24.1 Å². The number of rotatable bonds is 6. The Labute approximate surface area is 181 Å². The van der Waals surface area contributed by atoms with Crippen LogP contribution in [-0.2, 0) is 13.1 Å². The number of aliphatic imine (C=N–C) groups is 1. The van der Waals surface area contributed by atoms with Crippen molar-refractivity contribution in [3.8, 4) is 5.88 Å². The highest BCUT2D eigenvalue weighted by atomic mass is 127. The highest BCUT2D eigenvalue weighted by Gasteiger charge is 2.16. The Morgan fingerprint density at radius 3 is 2.57 bits per heavy atom. The van der Waals surface area contributed by atoms with Crippen LogP contribution in [0.4, 0.5) is 8.78 Å². The summed E-state index contributed by atoms with van der Waals surface area (Å²) < 4.78 is 32.7. The van der Waals surface area contributed by atoms with Gasteiger partial charge in [-0.1, -0.05) is 6.07 Å². The van der Waals surface area contributed by atoms with Crippen LogP contribution >= 0.6 is 24.0 Å². The van der Waals surface area contributed by atoms with Crippen molar-refractivity contribution in [3.05, 3.63) is 59.3 Å². The van der Waals surface area contributed by atoms with Crippen LogP contribution < -0.4 is 15.4 Å². The molecule has 1 aliphatic rings. The van der Waals surface area contributed by atoms with Crippen LogP contribution in [0, 0.1) is 11.6 Å². The molecule has 1 fully saturated rings. The zero-order valence-corrected chi connectivity index (χ0v) is 18.1. The van der Waals surface area contributed by atoms with E-state index in [2.05, 4.69) is 20.6 Å². The molecule has 1 aromatic heterocycles. The van der Waals surface area contributed by atoms with Gasteiger partial charge >= 0.3 is 0 Å². The molecule has 0 unspecified atom stereocenters. The first-order valence-electron chi connectivity index (χ1n) is 9.14. The topological polar surface area (TPSA) is 58.5 Å². The van der Waals surface area contributed by atoms with Gasteiger partial charge in [-0.3, -0.25) is 4.99 Å². The maximum atomic E-state index is 13.7. The van der Waals surface area contributed by atoms with E-state index < -0.39 is 11.6 Å². The lowest BCUT2D eigenvalue weighted by atomic mass is 10.2. The lowest BCUT2D eigenvalue weighted by Crippen LogP contribution is -2.36. The Kier molecular flexibility index (Phi) is 8.88. The fraction of sp³-hybridized carbons (Fsp3) is 0.400. The molecule has 8 heteroatoms. The molecule has 1 aromatic carbocycles. The summed E-state index contributed by atoms with van der Waals surface area (Å²) in [5.41, 5.74) is 1.21. The van der Waals surface area contributed by atoms with Gasteiger partial charge in [-0.25, -0.2) is 13.8 Å². The highest BCUT2D eigenvalue weighted by molar-refractivity contribution is 14.0. The van der Waals surface area contributed by atoms with E-state index in [1.807, 2.05) is 12.1 Å². The Morgan fingerprint density at radius 1 is 1.14 bits per heavy atom. The van der Waals surface area contributed by atoms with Crippen molar-refractivity contribution in [1.29, 1.82) is 0 Å². The normalized spacial score (nSPS) is 14.5. The molecule has 5 nitrogen and oxygen atoms in total. The van der Waals surface area contributed by atoms with E-state index in [1.165, 1.54) is 18.9 Å². The van der Waals surface area contributed by atoms with Gasteiger partial charge in [-0.2, -0.15) is 0 Å². The number of aromatic nitrogens is 1. The molecule has 3 rings (SSSR count). The maximum absolute atomic E-state index is 13.7. The van der Waals surface area contributed by atoms with E-state index in [0.29, 0.717) is 18.4 Å². The van der Waals surface area contributed by atoms with E-state index in [9.17, 15) is 8.78 Å². The largest absolute Gasteiger partial charge is 0.474 e. The fourth-order valence-corrected chi connectivity index (χ4v) is 3.03. The summed E-state index contributed by atoms with van der Waals surface area (Å²) in [7, 11) is 1.62.